The van der Waals surface area contributed by atoms with Crippen LogP contribution in [-0.4, -0.2) is 48.2 Å². The first kappa shape index (κ1) is 12.5. The first-order chi connectivity index (χ1) is 6.88. The molecule has 0 spiro atoms. The first-order valence-corrected chi connectivity index (χ1v) is 5.46. The Morgan fingerprint density at radius 2 is 2.07 bits per heavy atom. The fraction of sp³-hybridized carbons (Fsp3) is 0.909. The predicted molar refractivity (Wildman–Crippen MR) is 59.3 cm³/mol. The van der Waals surface area contributed by atoms with E-state index < -0.39 is 0 Å². The van der Waals surface area contributed by atoms with Gasteiger partial charge in [0.15, 0.2) is 0 Å². The Morgan fingerprint density at radius 1 is 1.47 bits per heavy atom. The van der Waals surface area contributed by atoms with Gasteiger partial charge in [-0.1, -0.05) is 0 Å². The smallest absolute Gasteiger partial charge is 0.263 e. The van der Waals surface area contributed by atoms with Crippen molar-refractivity contribution < 1.29 is 9.63 Å². The molecule has 1 amide bonds. The molecule has 1 heterocycles. The molecule has 0 aliphatic carbocycles. The summed E-state index contributed by atoms with van der Waals surface area (Å²) < 4.78 is 0. The Hall–Kier alpha value is -0.610. The Morgan fingerprint density at radius 3 is 2.53 bits per heavy atom. The summed E-state index contributed by atoms with van der Waals surface area (Å²) in [5.74, 6) is 0.0601. The lowest BCUT2D eigenvalue weighted by Gasteiger charge is -2.37. The van der Waals surface area contributed by atoms with E-state index in [1.807, 2.05) is 0 Å². The molecule has 0 N–H and O–H groups in total. The minimum Gasteiger partial charge on any atom is -0.287 e. The van der Waals surface area contributed by atoms with E-state index in [2.05, 4.69) is 25.7 Å². The molecular weight excluding hydrogens is 192 g/mol. The van der Waals surface area contributed by atoms with Crippen molar-refractivity contribution in [3.63, 3.8) is 0 Å². The molecule has 1 rings (SSSR count). The zero-order valence-corrected chi connectivity index (χ0v) is 10.4. The van der Waals surface area contributed by atoms with Crippen LogP contribution in [0.2, 0.25) is 0 Å². The van der Waals surface area contributed by atoms with E-state index in [-0.39, 0.29) is 17.5 Å². The van der Waals surface area contributed by atoms with Gasteiger partial charge < -0.3 is 0 Å². The quantitative estimate of drug-likeness (QED) is 0.649. The van der Waals surface area contributed by atoms with Gasteiger partial charge in [0.25, 0.3) is 5.91 Å². The summed E-state index contributed by atoms with van der Waals surface area (Å²) in [6.07, 6.45) is 2.02. The molecule has 1 aliphatic rings. The van der Waals surface area contributed by atoms with Gasteiger partial charge >= 0.3 is 0 Å². The van der Waals surface area contributed by atoms with Crippen LogP contribution in [0.3, 0.4) is 0 Å². The van der Waals surface area contributed by atoms with Crippen molar-refractivity contribution >= 4 is 5.91 Å². The number of hydroxylamine groups is 2. The van der Waals surface area contributed by atoms with Crippen molar-refractivity contribution in [3.8, 4) is 0 Å². The van der Waals surface area contributed by atoms with E-state index in [4.69, 9.17) is 4.84 Å². The van der Waals surface area contributed by atoms with Crippen molar-refractivity contribution in [2.24, 2.45) is 0 Å². The van der Waals surface area contributed by atoms with E-state index in [1.54, 1.807) is 7.05 Å². The van der Waals surface area contributed by atoms with Gasteiger partial charge in [-0.05, 0) is 40.2 Å². The Kier molecular flexibility index (Phi) is 3.73. The summed E-state index contributed by atoms with van der Waals surface area (Å²) in [7, 11) is 3.19. The number of nitrogens with zero attached hydrogens (tertiary/aromatic N) is 2. The largest absolute Gasteiger partial charge is 0.287 e. The van der Waals surface area contributed by atoms with Crippen LogP contribution in [0.25, 0.3) is 0 Å². The highest BCUT2D eigenvalue weighted by molar-refractivity contribution is 5.81. The van der Waals surface area contributed by atoms with Gasteiger partial charge in [0.05, 0.1) is 13.2 Å². The van der Waals surface area contributed by atoms with Crippen LogP contribution in [0.15, 0.2) is 0 Å². The van der Waals surface area contributed by atoms with Gasteiger partial charge in [-0.15, -0.1) is 0 Å². The maximum absolute atomic E-state index is 12.0. The number of carbonyl (C=O) groups is 1. The Labute approximate surface area is 92.1 Å². The molecule has 0 unspecified atom stereocenters. The summed E-state index contributed by atoms with van der Waals surface area (Å²) >= 11 is 0. The van der Waals surface area contributed by atoms with Crippen LogP contribution >= 0.6 is 0 Å². The van der Waals surface area contributed by atoms with Gasteiger partial charge in [-0.3, -0.25) is 14.5 Å². The van der Waals surface area contributed by atoms with Crippen LogP contribution in [0, 0.1) is 0 Å². The molecule has 0 aromatic heterocycles. The molecule has 0 saturated carbocycles. The fourth-order valence-electron chi connectivity index (χ4n) is 2.13. The second-order valence-electron chi connectivity index (χ2n) is 5.04. The van der Waals surface area contributed by atoms with E-state index in [9.17, 15) is 4.79 Å². The highest BCUT2D eigenvalue weighted by atomic mass is 16.7. The van der Waals surface area contributed by atoms with Crippen molar-refractivity contribution in [2.75, 3.05) is 20.7 Å². The number of hydrogen-bond donors (Lipinski definition) is 0. The number of amides is 1. The van der Waals surface area contributed by atoms with Gasteiger partial charge in [0, 0.05) is 12.6 Å². The molecule has 1 atom stereocenters. The van der Waals surface area contributed by atoms with Crippen LogP contribution in [0.4, 0.5) is 0 Å². The third-order valence-electron chi connectivity index (χ3n) is 2.98. The van der Waals surface area contributed by atoms with E-state index in [0.717, 1.165) is 19.4 Å². The second kappa shape index (κ2) is 4.49. The minimum absolute atomic E-state index is 0.0186. The molecule has 0 aromatic rings. The van der Waals surface area contributed by atoms with Crippen molar-refractivity contribution in [1.82, 2.24) is 9.96 Å². The first-order valence-electron chi connectivity index (χ1n) is 5.46. The molecule has 4 nitrogen and oxygen atoms in total. The predicted octanol–water partition coefficient (Wildman–Crippen LogP) is 1.27. The molecule has 0 radical (unpaired) electrons. The molecule has 1 fully saturated rings. The van der Waals surface area contributed by atoms with E-state index in [1.165, 1.54) is 12.2 Å². The number of likely N-dealkylation sites (N-methyl/N-ethyl adjacent to an activating group) is 1. The summed E-state index contributed by atoms with van der Waals surface area (Å²) in [4.78, 5) is 19.2. The SMILES string of the molecule is CON(C)C(=O)[C@H]1CCCN1C(C)(C)C. The molecule has 0 aromatic carbocycles. The average Bonchev–Trinajstić information content (AvgIpc) is 2.63. The molecule has 88 valence electrons. The van der Waals surface area contributed by atoms with E-state index in [0.29, 0.717) is 0 Å². The monoisotopic (exact) mass is 214 g/mol. The molecule has 1 aliphatic heterocycles. The zero-order chi connectivity index (χ0) is 11.6. The van der Waals surface area contributed by atoms with Crippen molar-refractivity contribution in [1.29, 1.82) is 0 Å². The topological polar surface area (TPSA) is 32.8 Å². The van der Waals surface area contributed by atoms with Crippen LogP contribution in [0.5, 0.6) is 0 Å². The van der Waals surface area contributed by atoms with Crippen molar-refractivity contribution in [2.45, 2.75) is 45.2 Å². The Balaban J connectivity index is 2.73. The van der Waals surface area contributed by atoms with Gasteiger partial charge in [0.2, 0.25) is 0 Å². The fourth-order valence-corrected chi connectivity index (χ4v) is 2.13. The summed E-state index contributed by atoms with van der Waals surface area (Å²) in [5, 5.41) is 1.33. The summed E-state index contributed by atoms with van der Waals surface area (Å²) in [6.45, 7) is 7.43. The molecule has 1 saturated heterocycles. The maximum Gasteiger partial charge on any atom is 0.263 e. The number of hydrogen-bond acceptors (Lipinski definition) is 3. The average molecular weight is 214 g/mol. The number of rotatable bonds is 2. The number of likely N-dealkylation sites (tertiary alicyclic amines) is 1. The summed E-state index contributed by atoms with van der Waals surface area (Å²) in [5.41, 5.74) is 0.0470. The van der Waals surface area contributed by atoms with Crippen molar-refractivity contribution in [3.05, 3.63) is 0 Å². The lowest BCUT2D eigenvalue weighted by atomic mass is 10.0. The highest BCUT2D eigenvalue weighted by Gasteiger charge is 2.38. The Bertz CT molecular complexity index is 235. The molecule has 15 heavy (non-hydrogen) atoms. The third kappa shape index (κ3) is 2.69. The molecular formula is C11H22N2O2. The van der Waals surface area contributed by atoms with E-state index >= 15 is 0 Å². The van der Waals surface area contributed by atoms with Gasteiger partial charge in [0.1, 0.15) is 0 Å². The lowest BCUT2D eigenvalue weighted by Crippen LogP contribution is -2.51. The van der Waals surface area contributed by atoms with Crippen LogP contribution < -0.4 is 0 Å². The van der Waals surface area contributed by atoms with Gasteiger partial charge in [-0.2, -0.15) is 0 Å². The maximum atomic E-state index is 12.0. The molecule has 4 heteroatoms. The van der Waals surface area contributed by atoms with Gasteiger partial charge in [-0.25, -0.2) is 5.06 Å². The standard InChI is InChI=1S/C11H22N2O2/c1-11(2,3)13-8-6-7-9(13)10(14)12(4)15-5/h9H,6-8H2,1-5H3/t9-/m1/s1. The number of carbonyl (C=O) groups excluding carboxylic acids is 1. The highest BCUT2D eigenvalue weighted by Crippen LogP contribution is 2.27. The van der Waals surface area contributed by atoms with Crippen LogP contribution in [0.1, 0.15) is 33.6 Å². The second-order valence-corrected chi connectivity index (χ2v) is 5.04. The normalized spacial score (nSPS) is 23.1. The molecule has 0 bridgehead atoms. The zero-order valence-electron chi connectivity index (χ0n) is 10.4. The summed E-state index contributed by atoms with van der Waals surface area (Å²) in [6, 6.07) is -0.0186. The third-order valence-corrected chi connectivity index (χ3v) is 2.98. The lowest BCUT2D eigenvalue weighted by molar-refractivity contribution is -0.175. The van der Waals surface area contributed by atoms with Crippen LogP contribution in [-0.2, 0) is 9.63 Å². The minimum atomic E-state index is -0.0186.